The van der Waals surface area contributed by atoms with Crippen molar-refractivity contribution in [3.05, 3.63) is 27.0 Å². The van der Waals surface area contributed by atoms with E-state index in [1.54, 1.807) is 0 Å². The Kier molecular flexibility index (Phi) is 8.38. The molecule has 0 radical (unpaired) electrons. The number of sulfonamides is 1. The number of carbonyl (C=O) groups excluding carboxylic acids is 1. The van der Waals surface area contributed by atoms with Crippen LogP contribution in [0, 0.1) is 11.3 Å². The molecule has 0 fully saturated rings. The fourth-order valence-electron chi connectivity index (χ4n) is 2.48. The highest BCUT2D eigenvalue weighted by atomic mass is 79.9. The zero-order valence-corrected chi connectivity index (χ0v) is 20.2. The van der Waals surface area contributed by atoms with E-state index >= 15 is 0 Å². The molecule has 1 heterocycles. The largest absolute Gasteiger partial charge is 0.492 e. The molecule has 5 N–H and O–H groups in total. The lowest BCUT2D eigenvalue weighted by Gasteiger charge is -2.16. The second kappa shape index (κ2) is 10.1. The van der Waals surface area contributed by atoms with Crippen LogP contribution < -0.4 is 15.2 Å². The maximum atomic E-state index is 14.4. The van der Waals surface area contributed by atoms with Gasteiger partial charge in [-0.05, 0) is 34.5 Å². The highest BCUT2D eigenvalue weighted by Crippen LogP contribution is 2.63. The number of alkyl halides is 2. The number of nitrogens with two attached hydrogens (primary N) is 1. The van der Waals surface area contributed by atoms with E-state index < -0.39 is 39.8 Å². The van der Waals surface area contributed by atoms with E-state index in [2.05, 4.69) is 21.2 Å². The Bertz CT molecular complexity index is 1220. The number of nitriles is 1. The monoisotopic (exact) mass is 575 g/mol. The molecule has 32 heavy (non-hydrogen) atoms. The first-order valence-corrected chi connectivity index (χ1v) is 13.6. The van der Waals surface area contributed by atoms with E-state index in [4.69, 9.17) is 24.9 Å². The van der Waals surface area contributed by atoms with E-state index in [-0.39, 0.29) is 51.9 Å². The van der Waals surface area contributed by atoms with Crippen LogP contribution in [0.25, 0.3) is 10.1 Å². The van der Waals surface area contributed by atoms with Gasteiger partial charge in [0, 0.05) is 22.0 Å². The lowest BCUT2D eigenvalue weighted by Crippen LogP contribution is -2.24. The number of primary sulfonamides is 1. The third-order valence-electron chi connectivity index (χ3n) is 3.95. The van der Waals surface area contributed by atoms with Gasteiger partial charge < -0.3 is 19.8 Å². The predicted molar refractivity (Wildman–Crippen MR) is 116 cm³/mol. The van der Waals surface area contributed by atoms with E-state index in [9.17, 15) is 26.6 Å². The molecule has 2 rings (SSSR count). The number of ether oxygens (including phenoxy) is 1. The maximum absolute atomic E-state index is 14.4. The number of rotatable bonds is 10. The summed E-state index contributed by atoms with van der Waals surface area (Å²) in [7, 11) is -9.62. The molecule has 176 valence electrons. The average Bonchev–Trinajstić information content (AvgIpc) is 3.01. The van der Waals surface area contributed by atoms with Gasteiger partial charge in [-0.25, -0.2) is 13.6 Å². The normalized spacial score (nSPS) is 12.5. The topological polar surface area (TPSA) is 180 Å². The van der Waals surface area contributed by atoms with Crippen LogP contribution in [0.5, 0.6) is 5.75 Å². The van der Waals surface area contributed by atoms with Crippen molar-refractivity contribution in [1.29, 1.82) is 5.26 Å². The molecule has 10 nitrogen and oxygen atoms in total. The summed E-state index contributed by atoms with van der Waals surface area (Å²) in [6.07, 6.45) is 0.00265. The van der Waals surface area contributed by atoms with Gasteiger partial charge >= 0.3 is 13.3 Å². The van der Waals surface area contributed by atoms with Crippen LogP contribution in [0.1, 0.15) is 28.1 Å². The maximum Gasteiger partial charge on any atom is 0.400 e. The van der Waals surface area contributed by atoms with Crippen molar-refractivity contribution in [2.24, 2.45) is 5.14 Å². The zero-order valence-electron chi connectivity index (χ0n) is 16.0. The molecule has 0 atom stereocenters. The second-order valence-electron chi connectivity index (χ2n) is 6.41. The summed E-state index contributed by atoms with van der Waals surface area (Å²) in [6.45, 7) is -0.158. The summed E-state index contributed by atoms with van der Waals surface area (Å²) in [5.41, 5.74) is -4.53. The standard InChI is InChI=1S/C16H17BrF2N3O7PS2/c17-12-10-7-9(15(23)22-4-1-3-20)8-11(29-5-2-6-32(21,27)28)13(10)31-14(12)16(18,19)30(24,25)26/h7-8H,1-2,4-6H2,(H,22,23)(H2,21,27,28)(H2,24,25,26). The number of carbonyl (C=O) groups is 1. The lowest BCUT2D eigenvalue weighted by molar-refractivity contribution is 0.0595. The van der Waals surface area contributed by atoms with Crippen molar-refractivity contribution in [3.63, 3.8) is 0 Å². The summed E-state index contributed by atoms with van der Waals surface area (Å²) < 4.78 is 67.4. The van der Waals surface area contributed by atoms with Gasteiger partial charge in [0.05, 0.1) is 29.5 Å². The summed E-state index contributed by atoms with van der Waals surface area (Å²) in [4.78, 5) is 29.6. The number of hydrogen-bond acceptors (Lipinski definition) is 7. The first-order valence-electron chi connectivity index (χ1n) is 8.67. The molecule has 1 aromatic carbocycles. The second-order valence-corrected chi connectivity index (χ2v) is 11.6. The van der Waals surface area contributed by atoms with Crippen molar-refractivity contribution >= 4 is 60.9 Å². The molecular formula is C16H17BrF2N3O7PS2. The molecule has 0 saturated heterocycles. The van der Waals surface area contributed by atoms with Gasteiger partial charge in [0.1, 0.15) is 10.6 Å². The molecule has 0 aliphatic carbocycles. The first-order chi connectivity index (χ1) is 14.7. The van der Waals surface area contributed by atoms with Crippen LogP contribution in [-0.2, 0) is 20.3 Å². The Morgan fingerprint density at radius 2 is 2.06 bits per heavy atom. The van der Waals surface area contributed by atoms with Gasteiger partial charge in [0.15, 0.2) is 0 Å². The molecule has 0 aliphatic rings. The number of hydrogen-bond donors (Lipinski definition) is 4. The van der Waals surface area contributed by atoms with E-state index in [0.717, 1.165) is 0 Å². The molecular weight excluding hydrogens is 559 g/mol. The van der Waals surface area contributed by atoms with E-state index in [0.29, 0.717) is 11.3 Å². The van der Waals surface area contributed by atoms with Crippen LogP contribution >= 0.6 is 34.9 Å². The average molecular weight is 576 g/mol. The van der Waals surface area contributed by atoms with Crippen molar-refractivity contribution in [2.45, 2.75) is 18.5 Å². The first kappa shape index (κ1) is 26.6. The highest BCUT2D eigenvalue weighted by molar-refractivity contribution is 9.10. The Labute approximate surface area is 193 Å². The minimum Gasteiger partial charge on any atom is -0.492 e. The molecule has 0 saturated carbocycles. The van der Waals surface area contributed by atoms with Gasteiger partial charge in [-0.2, -0.15) is 14.0 Å². The number of thiophene rings is 1. The highest BCUT2D eigenvalue weighted by Gasteiger charge is 2.53. The Balaban J connectivity index is 2.54. The van der Waals surface area contributed by atoms with Gasteiger partial charge in [-0.15, -0.1) is 11.3 Å². The number of nitrogens with zero attached hydrogens (tertiary/aromatic N) is 1. The number of amides is 1. The predicted octanol–water partition coefficient (Wildman–Crippen LogP) is 2.59. The van der Waals surface area contributed by atoms with Gasteiger partial charge in [0.2, 0.25) is 10.0 Å². The summed E-state index contributed by atoms with van der Waals surface area (Å²) in [6, 6.07) is 4.30. The smallest absolute Gasteiger partial charge is 0.400 e. The SMILES string of the molecule is N#CCCNC(=O)c1cc(OCCCS(N)(=O)=O)c2sc(C(F)(F)P(=O)(O)O)c(Br)c2c1. The van der Waals surface area contributed by atoms with Crippen molar-refractivity contribution in [1.82, 2.24) is 5.32 Å². The van der Waals surface area contributed by atoms with Crippen LogP contribution in [0.2, 0.25) is 0 Å². The van der Waals surface area contributed by atoms with Crippen LogP contribution in [0.4, 0.5) is 8.78 Å². The van der Waals surface area contributed by atoms with E-state index in [1.165, 1.54) is 12.1 Å². The summed E-state index contributed by atoms with van der Waals surface area (Å²) in [5.74, 6) is -1.11. The number of fused-ring (bicyclic) bond motifs is 1. The molecule has 0 aliphatic heterocycles. The third kappa shape index (κ3) is 6.22. The van der Waals surface area contributed by atoms with Crippen LogP contribution in [-0.4, -0.2) is 43.0 Å². The Morgan fingerprint density at radius 1 is 1.41 bits per heavy atom. The van der Waals surface area contributed by atoms with Crippen molar-refractivity contribution < 1.29 is 41.1 Å². The number of nitrogens with one attached hydrogen (secondary N) is 1. The van der Waals surface area contributed by atoms with Gasteiger partial charge in [0.25, 0.3) is 5.91 Å². The Morgan fingerprint density at radius 3 is 2.62 bits per heavy atom. The van der Waals surface area contributed by atoms with Crippen LogP contribution in [0.15, 0.2) is 16.6 Å². The lowest BCUT2D eigenvalue weighted by atomic mass is 10.1. The molecule has 1 amide bonds. The summed E-state index contributed by atoms with van der Waals surface area (Å²) in [5, 5.41) is 16.0. The quantitative estimate of drug-likeness (QED) is 0.246. The minimum atomic E-state index is -5.87. The molecule has 16 heteroatoms. The Hall–Kier alpha value is -1.66. The van der Waals surface area contributed by atoms with Crippen LogP contribution in [0.3, 0.4) is 0 Å². The number of halogens is 3. The fourth-order valence-corrected chi connectivity index (χ4v) is 5.98. The third-order valence-corrected chi connectivity index (χ3v) is 8.29. The number of benzene rings is 1. The van der Waals surface area contributed by atoms with Crippen molar-refractivity contribution in [2.75, 3.05) is 18.9 Å². The molecule has 2 aromatic rings. The fraction of sp³-hybridized carbons (Fsp3) is 0.375. The van der Waals surface area contributed by atoms with E-state index in [1.807, 2.05) is 6.07 Å². The molecule has 1 aromatic heterocycles. The summed E-state index contributed by atoms with van der Waals surface area (Å²) >= 11 is 3.29. The molecule has 0 spiro atoms. The van der Waals surface area contributed by atoms with Gasteiger partial charge in [-0.1, -0.05) is 0 Å². The minimum absolute atomic E-state index is 0.0265. The van der Waals surface area contributed by atoms with Gasteiger partial charge in [-0.3, -0.25) is 9.36 Å². The molecule has 0 unspecified atom stereocenters. The zero-order chi connectivity index (χ0) is 24.3. The molecule has 0 bridgehead atoms. The van der Waals surface area contributed by atoms with Crippen molar-refractivity contribution in [3.8, 4) is 11.8 Å².